The fraction of sp³-hybridized carbons (Fsp3) is 0.136. The summed E-state index contributed by atoms with van der Waals surface area (Å²) in [5.74, 6) is -0.615. The van der Waals surface area contributed by atoms with Crippen LogP contribution in [0.25, 0.3) is 0 Å². The highest BCUT2D eigenvalue weighted by Gasteiger charge is 2.14. The van der Waals surface area contributed by atoms with Crippen LogP contribution < -0.4 is 16.0 Å². The lowest BCUT2D eigenvalue weighted by Crippen LogP contribution is -2.26. The Morgan fingerprint density at radius 3 is 2.28 bits per heavy atom. The van der Waals surface area contributed by atoms with Crippen molar-refractivity contribution in [2.75, 3.05) is 10.6 Å². The van der Waals surface area contributed by atoms with Gasteiger partial charge in [0.2, 0.25) is 5.91 Å². The molecule has 0 bridgehead atoms. The number of nitrogens with one attached hydrogen (secondary N) is 3. The Bertz CT molecular complexity index is 1030. The van der Waals surface area contributed by atoms with Crippen LogP contribution in [0, 0.1) is 0 Å². The van der Waals surface area contributed by atoms with Crippen LogP contribution in [-0.2, 0) is 4.79 Å². The summed E-state index contributed by atoms with van der Waals surface area (Å²) in [6.45, 7) is 3.31. The quantitative estimate of drug-likeness (QED) is 0.564. The number of carbonyl (C=O) groups excluding carboxylic acids is 3. The van der Waals surface area contributed by atoms with Crippen LogP contribution in [0.2, 0.25) is 0 Å². The van der Waals surface area contributed by atoms with Crippen molar-refractivity contribution in [3.8, 4) is 0 Å². The van der Waals surface area contributed by atoms with E-state index < -0.39 is 0 Å². The van der Waals surface area contributed by atoms with E-state index in [-0.39, 0.29) is 23.8 Å². The van der Waals surface area contributed by atoms with Gasteiger partial charge in [0.05, 0.1) is 10.9 Å². The van der Waals surface area contributed by atoms with E-state index in [0.717, 1.165) is 5.56 Å². The molecular formula is C22H21N3O3S. The first kappa shape index (κ1) is 20.3. The summed E-state index contributed by atoms with van der Waals surface area (Å²) in [6.07, 6.45) is 0. The molecule has 7 heteroatoms. The van der Waals surface area contributed by atoms with Gasteiger partial charge in [-0.1, -0.05) is 24.3 Å². The number of rotatable bonds is 6. The minimum atomic E-state index is -0.263. The number of anilines is 2. The van der Waals surface area contributed by atoms with Crippen molar-refractivity contribution in [1.29, 1.82) is 0 Å². The van der Waals surface area contributed by atoms with Crippen LogP contribution in [0.1, 0.15) is 45.5 Å². The first-order valence-corrected chi connectivity index (χ1v) is 9.93. The maximum Gasteiger partial charge on any atom is 0.265 e. The Balaban J connectivity index is 1.67. The minimum absolute atomic E-state index is 0.153. The molecule has 0 aliphatic rings. The van der Waals surface area contributed by atoms with E-state index in [2.05, 4.69) is 16.0 Å². The molecule has 0 saturated carbocycles. The highest BCUT2D eigenvalue weighted by atomic mass is 32.1. The molecule has 0 aliphatic heterocycles. The van der Waals surface area contributed by atoms with Gasteiger partial charge in [-0.25, -0.2) is 0 Å². The van der Waals surface area contributed by atoms with E-state index in [0.29, 0.717) is 21.8 Å². The molecule has 1 unspecified atom stereocenters. The predicted octanol–water partition coefficient (Wildman–Crippen LogP) is 4.45. The molecule has 1 heterocycles. The van der Waals surface area contributed by atoms with Crippen LogP contribution in [0.15, 0.2) is 66.0 Å². The summed E-state index contributed by atoms with van der Waals surface area (Å²) < 4.78 is 0. The third-order valence-corrected chi connectivity index (χ3v) is 5.05. The van der Waals surface area contributed by atoms with Gasteiger partial charge >= 0.3 is 0 Å². The smallest absolute Gasteiger partial charge is 0.265 e. The second-order valence-electron chi connectivity index (χ2n) is 6.51. The molecule has 3 rings (SSSR count). The van der Waals surface area contributed by atoms with Crippen molar-refractivity contribution in [3.63, 3.8) is 0 Å². The largest absolute Gasteiger partial charge is 0.346 e. The molecule has 1 atom stereocenters. The monoisotopic (exact) mass is 407 g/mol. The maximum absolute atomic E-state index is 12.7. The van der Waals surface area contributed by atoms with Crippen LogP contribution >= 0.6 is 11.3 Å². The first-order valence-electron chi connectivity index (χ1n) is 9.05. The van der Waals surface area contributed by atoms with Gasteiger partial charge < -0.3 is 16.0 Å². The zero-order valence-electron chi connectivity index (χ0n) is 16.1. The second kappa shape index (κ2) is 9.16. The van der Waals surface area contributed by atoms with Gasteiger partial charge in [0.15, 0.2) is 0 Å². The maximum atomic E-state index is 12.7. The standard InChI is InChI=1S/C22H21N3O3S/c1-14(16-6-3-8-18(12-16)24-15(2)26)23-21(27)17-7-4-9-19(13-17)25-22(28)20-10-5-11-29-20/h3-14H,1-2H3,(H,23,27)(H,24,26)(H,25,28). The molecule has 0 saturated heterocycles. The SMILES string of the molecule is CC(=O)Nc1cccc(C(C)NC(=O)c2cccc(NC(=O)c3cccs3)c2)c1. The highest BCUT2D eigenvalue weighted by molar-refractivity contribution is 7.12. The van der Waals surface area contributed by atoms with E-state index in [4.69, 9.17) is 0 Å². The summed E-state index contributed by atoms with van der Waals surface area (Å²) in [4.78, 5) is 36.7. The topological polar surface area (TPSA) is 87.3 Å². The lowest BCUT2D eigenvalue weighted by atomic mass is 10.1. The predicted molar refractivity (Wildman–Crippen MR) is 115 cm³/mol. The fourth-order valence-corrected chi connectivity index (χ4v) is 3.41. The summed E-state index contributed by atoms with van der Waals surface area (Å²) in [5.41, 5.74) is 2.54. The van der Waals surface area contributed by atoms with Crippen molar-refractivity contribution in [3.05, 3.63) is 82.0 Å². The second-order valence-corrected chi connectivity index (χ2v) is 7.46. The van der Waals surface area contributed by atoms with E-state index in [9.17, 15) is 14.4 Å². The number of amides is 3. The van der Waals surface area contributed by atoms with E-state index >= 15 is 0 Å². The highest BCUT2D eigenvalue weighted by Crippen LogP contribution is 2.19. The fourth-order valence-electron chi connectivity index (χ4n) is 2.79. The van der Waals surface area contributed by atoms with E-state index in [1.54, 1.807) is 36.4 Å². The Morgan fingerprint density at radius 1 is 0.862 bits per heavy atom. The van der Waals surface area contributed by atoms with E-state index in [1.807, 2.05) is 36.6 Å². The van der Waals surface area contributed by atoms with E-state index in [1.165, 1.54) is 18.3 Å². The number of thiophene rings is 1. The summed E-state index contributed by atoms with van der Waals surface area (Å²) in [7, 11) is 0. The molecular weight excluding hydrogens is 386 g/mol. The average molecular weight is 407 g/mol. The van der Waals surface area contributed by atoms with Gasteiger partial charge in [-0.2, -0.15) is 0 Å². The normalized spacial score (nSPS) is 11.4. The molecule has 3 amide bonds. The zero-order valence-corrected chi connectivity index (χ0v) is 16.9. The van der Waals surface area contributed by atoms with Gasteiger partial charge in [0.25, 0.3) is 11.8 Å². The summed E-state index contributed by atoms with van der Waals surface area (Å²) in [5, 5.41) is 10.3. The van der Waals surface area contributed by atoms with Crippen molar-refractivity contribution in [2.24, 2.45) is 0 Å². The number of hydrogen-bond donors (Lipinski definition) is 3. The van der Waals surface area contributed by atoms with Gasteiger partial charge in [-0.15, -0.1) is 11.3 Å². The molecule has 6 nitrogen and oxygen atoms in total. The minimum Gasteiger partial charge on any atom is -0.346 e. The number of benzene rings is 2. The molecule has 0 fully saturated rings. The van der Waals surface area contributed by atoms with Gasteiger partial charge in [0, 0.05) is 23.9 Å². The molecule has 3 N–H and O–H groups in total. The van der Waals surface area contributed by atoms with Gasteiger partial charge in [0.1, 0.15) is 0 Å². The summed E-state index contributed by atoms with van der Waals surface area (Å²) >= 11 is 1.35. The summed E-state index contributed by atoms with van der Waals surface area (Å²) in [6, 6.07) is 17.4. The third kappa shape index (κ3) is 5.52. The Kier molecular flexibility index (Phi) is 6.41. The number of hydrogen-bond acceptors (Lipinski definition) is 4. The lowest BCUT2D eigenvalue weighted by Gasteiger charge is -2.16. The Labute approximate surface area is 173 Å². The van der Waals surface area contributed by atoms with Crippen LogP contribution in [0.5, 0.6) is 0 Å². The van der Waals surface area contributed by atoms with Gasteiger partial charge in [-0.3, -0.25) is 14.4 Å². The Hall–Kier alpha value is -3.45. The van der Waals surface area contributed by atoms with Crippen LogP contribution in [0.4, 0.5) is 11.4 Å². The zero-order chi connectivity index (χ0) is 20.8. The number of carbonyl (C=O) groups is 3. The Morgan fingerprint density at radius 2 is 1.59 bits per heavy atom. The molecule has 0 spiro atoms. The molecule has 3 aromatic rings. The van der Waals surface area contributed by atoms with Gasteiger partial charge in [-0.05, 0) is 54.3 Å². The molecule has 29 heavy (non-hydrogen) atoms. The molecule has 148 valence electrons. The third-order valence-electron chi connectivity index (χ3n) is 4.18. The van der Waals surface area contributed by atoms with Crippen LogP contribution in [0.3, 0.4) is 0 Å². The molecule has 1 aromatic heterocycles. The van der Waals surface area contributed by atoms with Crippen molar-refractivity contribution >= 4 is 40.4 Å². The average Bonchev–Trinajstić information content (AvgIpc) is 3.23. The van der Waals surface area contributed by atoms with Crippen molar-refractivity contribution in [2.45, 2.75) is 19.9 Å². The first-order chi connectivity index (χ1) is 13.9. The molecule has 2 aromatic carbocycles. The molecule has 0 radical (unpaired) electrons. The van der Waals surface area contributed by atoms with Crippen LogP contribution in [-0.4, -0.2) is 17.7 Å². The van der Waals surface area contributed by atoms with Crippen molar-refractivity contribution < 1.29 is 14.4 Å². The lowest BCUT2D eigenvalue weighted by molar-refractivity contribution is -0.114. The molecule has 0 aliphatic carbocycles. The van der Waals surface area contributed by atoms with Crippen molar-refractivity contribution in [1.82, 2.24) is 5.32 Å².